The van der Waals surface area contributed by atoms with Gasteiger partial charge in [-0.15, -0.1) is 0 Å². The average Bonchev–Trinajstić information content (AvgIpc) is 2.91. The molecule has 1 heterocycles. The van der Waals surface area contributed by atoms with Crippen molar-refractivity contribution in [2.45, 2.75) is 31.2 Å². The van der Waals surface area contributed by atoms with Gasteiger partial charge in [0.25, 0.3) is 0 Å². The molecule has 0 aliphatic carbocycles. The van der Waals surface area contributed by atoms with Crippen LogP contribution in [0, 0.1) is 13.8 Å². The van der Waals surface area contributed by atoms with Gasteiger partial charge in [0.15, 0.2) is 0 Å². The van der Waals surface area contributed by atoms with Crippen molar-refractivity contribution in [3.8, 4) is 0 Å². The van der Waals surface area contributed by atoms with Crippen LogP contribution < -0.4 is 0 Å². The number of ketones is 1. The maximum Gasteiger partial charge on any atom is 0.244 e. The van der Waals surface area contributed by atoms with Crippen LogP contribution in [0.5, 0.6) is 0 Å². The van der Waals surface area contributed by atoms with E-state index in [1.165, 1.54) is 4.31 Å². The second kappa shape index (κ2) is 5.91. The standard InChI is InChI=1S/C18H19NO3S/c1-13-3-7-15(8-4-13)18-11-16(20)12-19(18)23(21,22)17-9-5-14(2)6-10-17/h3-10,18H,11-12H2,1-2H3. The zero-order chi connectivity index (χ0) is 16.6. The molecule has 120 valence electrons. The topological polar surface area (TPSA) is 54.5 Å². The Hall–Kier alpha value is -1.98. The minimum Gasteiger partial charge on any atom is -0.298 e. The molecule has 1 saturated heterocycles. The third kappa shape index (κ3) is 3.07. The van der Waals surface area contributed by atoms with Gasteiger partial charge >= 0.3 is 0 Å². The van der Waals surface area contributed by atoms with Gasteiger partial charge in [-0.2, -0.15) is 4.31 Å². The molecule has 0 N–H and O–H groups in total. The predicted molar refractivity (Wildman–Crippen MR) is 88.6 cm³/mol. The average molecular weight is 329 g/mol. The highest BCUT2D eigenvalue weighted by atomic mass is 32.2. The lowest BCUT2D eigenvalue weighted by Crippen LogP contribution is -2.31. The first-order valence-corrected chi connectivity index (χ1v) is 8.99. The summed E-state index contributed by atoms with van der Waals surface area (Å²) in [5.74, 6) is -0.0498. The van der Waals surface area contributed by atoms with Crippen LogP contribution in [-0.2, 0) is 14.8 Å². The minimum absolute atomic E-state index is 0.0498. The summed E-state index contributed by atoms with van der Waals surface area (Å²) in [6.07, 6.45) is 0.230. The van der Waals surface area contributed by atoms with Crippen LogP contribution in [0.4, 0.5) is 0 Å². The molecule has 2 aromatic carbocycles. The third-order valence-electron chi connectivity index (χ3n) is 4.19. The fourth-order valence-corrected chi connectivity index (χ4v) is 4.43. The third-order valence-corrected chi connectivity index (χ3v) is 6.06. The number of benzene rings is 2. The number of rotatable bonds is 3. The number of hydrogen-bond donors (Lipinski definition) is 0. The second-order valence-corrected chi connectivity index (χ2v) is 7.92. The Kier molecular flexibility index (Phi) is 4.08. The van der Waals surface area contributed by atoms with Crippen molar-refractivity contribution in [3.63, 3.8) is 0 Å². The minimum atomic E-state index is -3.68. The lowest BCUT2D eigenvalue weighted by atomic mass is 10.0. The molecule has 5 heteroatoms. The van der Waals surface area contributed by atoms with Crippen molar-refractivity contribution >= 4 is 15.8 Å². The van der Waals surface area contributed by atoms with E-state index in [2.05, 4.69) is 0 Å². The Balaban J connectivity index is 2.00. The van der Waals surface area contributed by atoms with Crippen LogP contribution in [-0.4, -0.2) is 25.1 Å². The molecule has 1 unspecified atom stereocenters. The second-order valence-electron chi connectivity index (χ2n) is 6.03. The van der Waals surface area contributed by atoms with E-state index in [0.29, 0.717) is 0 Å². The molecule has 3 rings (SSSR count). The molecule has 1 atom stereocenters. The summed E-state index contributed by atoms with van der Waals surface area (Å²) in [5.41, 5.74) is 2.96. The van der Waals surface area contributed by atoms with Gasteiger partial charge in [0, 0.05) is 6.42 Å². The number of Topliss-reactive ketones (excluding diaryl/α,β-unsaturated/α-hetero) is 1. The summed E-state index contributed by atoms with van der Waals surface area (Å²) < 4.78 is 27.2. The summed E-state index contributed by atoms with van der Waals surface area (Å²) in [6.45, 7) is 3.82. The maximum atomic E-state index is 12.9. The summed E-state index contributed by atoms with van der Waals surface area (Å²) in [5, 5.41) is 0. The van der Waals surface area contributed by atoms with Crippen molar-refractivity contribution in [2.75, 3.05) is 6.54 Å². The van der Waals surface area contributed by atoms with Gasteiger partial charge in [-0.25, -0.2) is 8.42 Å². The first kappa shape index (κ1) is 15.9. The molecule has 2 aromatic rings. The Morgan fingerprint density at radius 3 is 2.00 bits per heavy atom. The SMILES string of the molecule is Cc1ccc(C2CC(=O)CN2S(=O)(=O)c2ccc(C)cc2)cc1. The zero-order valence-corrected chi connectivity index (χ0v) is 14.0. The van der Waals surface area contributed by atoms with E-state index in [-0.39, 0.29) is 23.6 Å². The van der Waals surface area contributed by atoms with Gasteiger partial charge < -0.3 is 0 Å². The maximum absolute atomic E-state index is 12.9. The van der Waals surface area contributed by atoms with Crippen LogP contribution in [0.15, 0.2) is 53.4 Å². The molecule has 1 fully saturated rings. The van der Waals surface area contributed by atoms with Gasteiger partial charge in [-0.1, -0.05) is 47.5 Å². The summed E-state index contributed by atoms with van der Waals surface area (Å²) in [6, 6.07) is 14.0. The Morgan fingerprint density at radius 2 is 1.43 bits per heavy atom. The van der Waals surface area contributed by atoms with Crippen LogP contribution in [0.1, 0.15) is 29.2 Å². The van der Waals surface area contributed by atoms with E-state index in [1.807, 2.05) is 38.1 Å². The fraction of sp³-hybridized carbons (Fsp3) is 0.278. The summed E-state index contributed by atoms with van der Waals surface area (Å²) in [7, 11) is -3.68. The van der Waals surface area contributed by atoms with Crippen LogP contribution in [0.25, 0.3) is 0 Å². The zero-order valence-electron chi connectivity index (χ0n) is 13.2. The number of nitrogens with zero attached hydrogens (tertiary/aromatic N) is 1. The lowest BCUT2D eigenvalue weighted by molar-refractivity contribution is -0.116. The van der Waals surface area contributed by atoms with Gasteiger partial charge in [0.1, 0.15) is 5.78 Å². The molecule has 1 aliphatic heterocycles. The molecule has 4 nitrogen and oxygen atoms in total. The highest BCUT2D eigenvalue weighted by Crippen LogP contribution is 2.35. The Bertz CT molecular complexity index is 824. The Morgan fingerprint density at radius 1 is 0.913 bits per heavy atom. The van der Waals surface area contributed by atoms with E-state index in [4.69, 9.17) is 0 Å². The lowest BCUT2D eigenvalue weighted by Gasteiger charge is -2.23. The number of aryl methyl sites for hydroxylation is 2. The smallest absolute Gasteiger partial charge is 0.244 e. The molecule has 23 heavy (non-hydrogen) atoms. The van der Waals surface area contributed by atoms with Crippen LogP contribution >= 0.6 is 0 Å². The highest BCUT2D eigenvalue weighted by Gasteiger charge is 2.40. The molecule has 0 radical (unpaired) electrons. The van der Waals surface area contributed by atoms with E-state index >= 15 is 0 Å². The number of carbonyl (C=O) groups excluding carboxylic acids is 1. The number of sulfonamides is 1. The van der Waals surface area contributed by atoms with Crippen molar-refractivity contribution in [3.05, 3.63) is 65.2 Å². The van der Waals surface area contributed by atoms with Gasteiger partial charge in [-0.05, 0) is 31.5 Å². The molecule has 0 amide bonds. The van der Waals surface area contributed by atoms with Crippen LogP contribution in [0.2, 0.25) is 0 Å². The van der Waals surface area contributed by atoms with E-state index in [9.17, 15) is 13.2 Å². The number of carbonyl (C=O) groups is 1. The Labute approximate surface area is 136 Å². The summed E-state index contributed by atoms with van der Waals surface area (Å²) >= 11 is 0. The molecule has 0 spiro atoms. The first-order valence-electron chi connectivity index (χ1n) is 7.55. The quantitative estimate of drug-likeness (QED) is 0.870. The van der Waals surface area contributed by atoms with Crippen molar-refractivity contribution in [1.29, 1.82) is 0 Å². The highest BCUT2D eigenvalue weighted by molar-refractivity contribution is 7.89. The largest absolute Gasteiger partial charge is 0.298 e. The van der Waals surface area contributed by atoms with Crippen molar-refractivity contribution in [2.24, 2.45) is 0 Å². The van der Waals surface area contributed by atoms with Crippen molar-refractivity contribution in [1.82, 2.24) is 4.31 Å². The van der Waals surface area contributed by atoms with Crippen LogP contribution in [0.3, 0.4) is 0 Å². The molecule has 1 aliphatic rings. The monoisotopic (exact) mass is 329 g/mol. The van der Waals surface area contributed by atoms with E-state index < -0.39 is 16.1 Å². The fourth-order valence-electron chi connectivity index (χ4n) is 2.84. The van der Waals surface area contributed by atoms with Gasteiger partial charge in [0.05, 0.1) is 17.5 Å². The van der Waals surface area contributed by atoms with E-state index in [0.717, 1.165) is 16.7 Å². The first-order chi connectivity index (χ1) is 10.9. The van der Waals surface area contributed by atoms with Gasteiger partial charge in [0.2, 0.25) is 10.0 Å². The predicted octanol–water partition coefficient (Wildman–Crippen LogP) is 3.01. The molecule has 0 bridgehead atoms. The van der Waals surface area contributed by atoms with E-state index in [1.54, 1.807) is 24.3 Å². The van der Waals surface area contributed by atoms with Gasteiger partial charge in [-0.3, -0.25) is 4.79 Å². The normalized spacial score (nSPS) is 19.2. The molecule has 0 saturated carbocycles. The molecular weight excluding hydrogens is 310 g/mol. The summed E-state index contributed by atoms with van der Waals surface area (Å²) in [4.78, 5) is 12.2. The number of hydrogen-bond acceptors (Lipinski definition) is 3. The molecular formula is C18H19NO3S. The molecule has 0 aromatic heterocycles. The van der Waals surface area contributed by atoms with Crippen molar-refractivity contribution < 1.29 is 13.2 Å².